The Labute approximate surface area is 118 Å². The molecule has 1 saturated heterocycles. The molecule has 3 heteroatoms. The van der Waals surface area contributed by atoms with E-state index in [1.807, 2.05) is 0 Å². The second kappa shape index (κ2) is 5.34. The normalized spacial score (nSPS) is 40.4. The molecule has 0 radical (unpaired) electrons. The molecule has 2 bridgehead atoms. The Hall–Kier alpha value is -0.120. The van der Waals surface area contributed by atoms with Crippen LogP contribution in [-0.4, -0.2) is 54.6 Å². The van der Waals surface area contributed by atoms with Crippen molar-refractivity contribution in [3.8, 4) is 0 Å². The lowest BCUT2D eigenvalue weighted by Crippen LogP contribution is -2.62. The molecule has 2 aliphatic carbocycles. The van der Waals surface area contributed by atoms with Crippen LogP contribution in [-0.2, 0) is 0 Å². The van der Waals surface area contributed by atoms with Gasteiger partial charge in [0.1, 0.15) is 0 Å². The first-order valence-corrected chi connectivity index (χ1v) is 8.31. The molecule has 0 aromatic heterocycles. The average Bonchev–Trinajstić information content (AvgIpc) is 2.99. The molecule has 2 N–H and O–H groups in total. The zero-order chi connectivity index (χ0) is 13.5. The van der Waals surface area contributed by atoms with Crippen molar-refractivity contribution in [3.05, 3.63) is 0 Å². The lowest BCUT2D eigenvalue weighted by atomic mass is 9.79. The summed E-state index contributed by atoms with van der Waals surface area (Å²) in [5.74, 6) is 2.68. The maximum Gasteiger partial charge on any atom is 0.0363 e. The Kier molecular flexibility index (Phi) is 3.89. The smallest absolute Gasteiger partial charge is 0.0363 e. The molecule has 19 heavy (non-hydrogen) atoms. The molecule has 3 unspecified atom stereocenters. The number of piperazine rings is 1. The molecule has 3 nitrogen and oxygen atoms in total. The molecule has 3 rings (SSSR count). The topological polar surface area (TPSA) is 32.5 Å². The van der Waals surface area contributed by atoms with Crippen LogP contribution >= 0.6 is 0 Å². The maximum absolute atomic E-state index is 6.25. The minimum atomic E-state index is 0.382. The predicted octanol–water partition coefficient (Wildman–Crippen LogP) is 1.78. The monoisotopic (exact) mass is 265 g/mol. The third-order valence-corrected chi connectivity index (χ3v) is 5.92. The van der Waals surface area contributed by atoms with Gasteiger partial charge in [-0.1, -0.05) is 20.3 Å². The molecule has 3 aliphatic rings. The van der Waals surface area contributed by atoms with Gasteiger partial charge in [0.05, 0.1) is 0 Å². The number of hydrogen-bond donors (Lipinski definition) is 1. The van der Waals surface area contributed by atoms with E-state index < -0.39 is 0 Å². The van der Waals surface area contributed by atoms with Gasteiger partial charge in [-0.25, -0.2) is 0 Å². The van der Waals surface area contributed by atoms with Crippen molar-refractivity contribution in [2.75, 3.05) is 39.3 Å². The Morgan fingerprint density at radius 2 is 1.89 bits per heavy atom. The van der Waals surface area contributed by atoms with Gasteiger partial charge in [0.2, 0.25) is 0 Å². The van der Waals surface area contributed by atoms with Crippen LogP contribution in [0.4, 0.5) is 0 Å². The number of fused-ring (bicyclic) bond motifs is 2. The van der Waals surface area contributed by atoms with E-state index in [2.05, 4.69) is 23.6 Å². The quantitative estimate of drug-likeness (QED) is 0.841. The highest BCUT2D eigenvalue weighted by molar-refractivity contribution is 5.08. The predicted molar refractivity (Wildman–Crippen MR) is 80.1 cm³/mol. The number of hydrogen-bond acceptors (Lipinski definition) is 3. The van der Waals surface area contributed by atoms with Crippen molar-refractivity contribution < 1.29 is 0 Å². The van der Waals surface area contributed by atoms with Gasteiger partial charge in [-0.2, -0.15) is 0 Å². The average molecular weight is 265 g/mol. The van der Waals surface area contributed by atoms with E-state index in [4.69, 9.17) is 5.73 Å². The fraction of sp³-hybridized carbons (Fsp3) is 1.00. The molecule has 3 fully saturated rings. The minimum Gasteiger partial charge on any atom is -0.329 e. The lowest BCUT2D eigenvalue weighted by Gasteiger charge is -2.50. The van der Waals surface area contributed by atoms with Gasteiger partial charge in [0.25, 0.3) is 0 Å². The van der Waals surface area contributed by atoms with E-state index in [0.717, 1.165) is 24.3 Å². The van der Waals surface area contributed by atoms with Crippen LogP contribution in [0.3, 0.4) is 0 Å². The summed E-state index contributed by atoms with van der Waals surface area (Å²) in [6.45, 7) is 11.8. The molecule has 2 saturated carbocycles. The second-order valence-electron chi connectivity index (χ2n) is 7.57. The van der Waals surface area contributed by atoms with Gasteiger partial charge in [-0.15, -0.1) is 0 Å². The third kappa shape index (κ3) is 2.45. The van der Waals surface area contributed by atoms with E-state index >= 15 is 0 Å². The van der Waals surface area contributed by atoms with E-state index in [1.54, 1.807) is 0 Å². The van der Waals surface area contributed by atoms with Crippen LogP contribution in [0.25, 0.3) is 0 Å². The first kappa shape index (κ1) is 13.8. The molecule has 1 heterocycles. The summed E-state index contributed by atoms with van der Waals surface area (Å²) in [7, 11) is 0. The first-order valence-electron chi connectivity index (χ1n) is 8.31. The van der Waals surface area contributed by atoms with Crippen LogP contribution in [0.5, 0.6) is 0 Å². The summed E-state index contributed by atoms with van der Waals surface area (Å²) >= 11 is 0. The standard InChI is InChI=1S/C16H31N3/c1-13(2)11-18-5-7-19(8-6-18)16(12-17)10-14-3-4-15(16)9-14/h13-15H,3-12,17H2,1-2H3. The maximum atomic E-state index is 6.25. The Morgan fingerprint density at radius 3 is 2.37 bits per heavy atom. The lowest BCUT2D eigenvalue weighted by molar-refractivity contribution is -0.000663. The summed E-state index contributed by atoms with van der Waals surface area (Å²) in [5.41, 5.74) is 6.63. The Morgan fingerprint density at radius 1 is 1.16 bits per heavy atom. The molecule has 110 valence electrons. The van der Waals surface area contributed by atoms with Crippen LogP contribution in [0.1, 0.15) is 39.5 Å². The van der Waals surface area contributed by atoms with Gasteiger partial charge in [0, 0.05) is 44.8 Å². The summed E-state index contributed by atoms with van der Waals surface area (Å²) in [4.78, 5) is 5.41. The van der Waals surface area contributed by atoms with Crippen LogP contribution in [0.15, 0.2) is 0 Å². The van der Waals surface area contributed by atoms with Gasteiger partial charge in [-0.3, -0.25) is 4.90 Å². The Bertz CT molecular complexity index is 309. The van der Waals surface area contributed by atoms with Gasteiger partial charge in [-0.05, 0) is 37.0 Å². The molecule has 0 spiro atoms. The summed E-state index contributed by atoms with van der Waals surface area (Å²) in [5, 5.41) is 0. The van der Waals surface area contributed by atoms with Gasteiger partial charge < -0.3 is 10.6 Å². The summed E-state index contributed by atoms with van der Waals surface area (Å²) in [6.07, 6.45) is 5.76. The molecule has 0 aromatic rings. The number of nitrogens with two attached hydrogens (primary N) is 1. The summed E-state index contributed by atoms with van der Waals surface area (Å²) in [6, 6.07) is 0. The van der Waals surface area contributed by atoms with Crippen LogP contribution in [0, 0.1) is 17.8 Å². The van der Waals surface area contributed by atoms with Crippen molar-refractivity contribution in [2.24, 2.45) is 23.5 Å². The van der Waals surface area contributed by atoms with Gasteiger partial charge >= 0.3 is 0 Å². The SMILES string of the molecule is CC(C)CN1CCN(C2(CN)CC3CCC2C3)CC1. The molecule has 0 aromatic carbocycles. The highest BCUT2D eigenvalue weighted by Gasteiger charge is 2.53. The van der Waals surface area contributed by atoms with Gasteiger partial charge in [0.15, 0.2) is 0 Å². The third-order valence-electron chi connectivity index (χ3n) is 5.92. The molecule has 3 atom stereocenters. The zero-order valence-electron chi connectivity index (χ0n) is 12.8. The van der Waals surface area contributed by atoms with Crippen molar-refractivity contribution in [3.63, 3.8) is 0 Å². The molecule has 0 amide bonds. The van der Waals surface area contributed by atoms with Crippen molar-refractivity contribution in [1.82, 2.24) is 9.80 Å². The van der Waals surface area contributed by atoms with Crippen LogP contribution in [0.2, 0.25) is 0 Å². The second-order valence-corrected chi connectivity index (χ2v) is 7.57. The Balaban J connectivity index is 1.61. The van der Waals surface area contributed by atoms with E-state index in [1.165, 1.54) is 58.4 Å². The first-order chi connectivity index (χ1) is 9.14. The number of nitrogens with zero attached hydrogens (tertiary/aromatic N) is 2. The van der Waals surface area contributed by atoms with E-state index in [-0.39, 0.29) is 0 Å². The van der Waals surface area contributed by atoms with Crippen molar-refractivity contribution in [2.45, 2.75) is 45.1 Å². The molecular formula is C16H31N3. The van der Waals surface area contributed by atoms with Crippen molar-refractivity contribution >= 4 is 0 Å². The van der Waals surface area contributed by atoms with E-state index in [0.29, 0.717) is 5.54 Å². The van der Waals surface area contributed by atoms with Crippen LogP contribution < -0.4 is 5.73 Å². The largest absolute Gasteiger partial charge is 0.329 e. The molecular weight excluding hydrogens is 234 g/mol. The fourth-order valence-electron chi connectivity index (χ4n) is 5.07. The highest BCUT2D eigenvalue weighted by atomic mass is 15.3. The summed E-state index contributed by atoms with van der Waals surface area (Å²) < 4.78 is 0. The van der Waals surface area contributed by atoms with Crippen molar-refractivity contribution in [1.29, 1.82) is 0 Å². The minimum absolute atomic E-state index is 0.382. The number of rotatable bonds is 4. The molecule has 1 aliphatic heterocycles. The highest BCUT2D eigenvalue weighted by Crippen LogP contribution is 2.53. The zero-order valence-corrected chi connectivity index (χ0v) is 12.8. The van der Waals surface area contributed by atoms with E-state index in [9.17, 15) is 0 Å². The fourth-order valence-corrected chi connectivity index (χ4v) is 5.07.